The lowest BCUT2D eigenvalue weighted by molar-refractivity contribution is -0.137. The van der Waals surface area contributed by atoms with Gasteiger partial charge in [-0.2, -0.15) is 0 Å². The lowest BCUT2D eigenvalue weighted by Crippen LogP contribution is -2.01. The maximum atomic E-state index is 13.3. The minimum absolute atomic E-state index is 0.112. The Hall–Kier alpha value is -0.800. The summed E-state index contributed by atoms with van der Waals surface area (Å²) in [6.45, 7) is 0. The number of carboxylic acid groups (broad SMARTS) is 1. The van der Waals surface area contributed by atoms with E-state index in [0.717, 1.165) is 0 Å². The molecule has 1 aromatic rings. The van der Waals surface area contributed by atoms with Gasteiger partial charge in [-0.05, 0) is 18.6 Å². The van der Waals surface area contributed by atoms with Crippen LogP contribution in [0.15, 0.2) is 18.2 Å². The van der Waals surface area contributed by atoms with Gasteiger partial charge in [-0.25, -0.2) is 4.39 Å². The van der Waals surface area contributed by atoms with E-state index in [1.807, 2.05) is 0 Å². The van der Waals surface area contributed by atoms with Crippen LogP contribution in [-0.4, -0.2) is 11.1 Å². The van der Waals surface area contributed by atoms with E-state index in [-0.39, 0.29) is 23.4 Å². The first-order chi connectivity index (χ1) is 7.02. The highest BCUT2D eigenvalue weighted by Gasteiger charge is 2.17. The van der Waals surface area contributed by atoms with Crippen molar-refractivity contribution in [3.8, 4) is 0 Å². The Morgan fingerprint density at radius 2 is 2.20 bits per heavy atom. The summed E-state index contributed by atoms with van der Waals surface area (Å²) in [5.74, 6) is -1.47. The van der Waals surface area contributed by atoms with Gasteiger partial charge < -0.3 is 5.11 Å². The van der Waals surface area contributed by atoms with Crippen LogP contribution in [0.3, 0.4) is 0 Å². The molecule has 1 rings (SSSR count). The third-order valence-corrected chi connectivity index (χ3v) is 2.69. The van der Waals surface area contributed by atoms with E-state index in [4.69, 9.17) is 28.3 Å². The molecule has 0 aliphatic carbocycles. The van der Waals surface area contributed by atoms with Crippen molar-refractivity contribution in [2.24, 2.45) is 0 Å². The van der Waals surface area contributed by atoms with Crippen molar-refractivity contribution in [2.45, 2.75) is 18.2 Å². The normalized spacial score (nSPS) is 12.5. The summed E-state index contributed by atoms with van der Waals surface area (Å²) in [4.78, 5) is 10.3. The van der Waals surface area contributed by atoms with Crippen LogP contribution in [0.1, 0.15) is 23.8 Å². The van der Waals surface area contributed by atoms with Gasteiger partial charge in [0, 0.05) is 17.0 Å². The second kappa shape index (κ2) is 5.33. The van der Waals surface area contributed by atoms with Gasteiger partial charge in [0.2, 0.25) is 0 Å². The van der Waals surface area contributed by atoms with E-state index in [2.05, 4.69) is 0 Å². The van der Waals surface area contributed by atoms with Crippen LogP contribution < -0.4 is 0 Å². The molecule has 0 amide bonds. The molecule has 1 unspecified atom stereocenters. The van der Waals surface area contributed by atoms with E-state index >= 15 is 0 Å². The quantitative estimate of drug-likeness (QED) is 0.829. The molecule has 15 heavy (non-hydrogen) atoms. The molecule has 5 heteroatoms. The van der Waals surface area contributed by atoms with Gasteiger partial charge in [-0.3, -0.25) is 4.79 Å². The number of hydrogen-bond acceptors (Lipinski definition) is 1. The van der Waals surface area contributed by atoms with Crippen LogP contribution in [0.5, 0.6) is 0 Å². The number of rotatable bonds is 4. The Balaban J connectivity index is 2.81. The molecule has 1 N–H and O–H groups in total. The molecule has 0 radical (unpaired) electrons. The van der Waals surface area contributed by atoms with Crippen LogP contribution in [0.4, 0.5) is 4.39 Å². The second-order valence-corrected chi connectivity index (χ2v) is 3.97. The fourth-order valence-electron chi connectivity index (χ4n) is 1.20. The monoisotopic (exact) mass is 250 g/mol. The zero-order chi connectivity index (χ0) is 11.4. The molecule has 0 fully saturated rings. The summed E-state index contributed by atoms with van der Waals surface area (Å²) in [5.41, 5.74) is 0.169. The SMILES string of the molecule is O=C(O)CCC(Cl)c1c(F)cccc1Cl. The fourth-order valence-corrected chi connectivity index (χ4v) is 1.89. The van der Waals surface area contributed by atoms with Gasteiger partial charge in [0.25, 0.3) is 0 Å². The van der Waals surface area contributed by atoms with Crippen molar-refractivity contribution in [2.75, 3.05) is 0 Å². The topological polar surface area (TPSA) is 37.3 Å². The number of halogens is 3. The van der Waals surface area contributed by atoms with Crippen molar-refractivity contribution in [3.05, 3.63) is 34.6 Å². The standard InChI is InChI=1S/C10H9Cl2FO2/c11-6-2-1-3-8(13)10(6)7(12)4-5-9(14)15/h1-3,7H,4-5H2,(H,14,15). The Kier molecular flexibility index (Phi) is 4.36. The first-order valence-corrected chi connectivity index (χ1v) is 5.13. The average Bonchev–Trinajstić information content (AvgIpc) is 2.14. The maximum absolute atomic E-state index is 13.3. The van der Waals surface area contributed by atoms with E-state index in [1.165, 1.54) is 18.2 Å². The predicted molar refractivity (Wildman–Crippen MR) is 56.9 cm³/mol. The molecule has 1 atom stereocenters. The number of alkyl halides is 1. The number of hydrogen-bond donors (Lipinski definition) is 1. The summed E-state index contributed by atoms with van der Waals surface area (Å²) in [5, 5.41) is 7.97. The summed E-state index contributed by atoms with van der Waals surface area (Å²) >= 11 is 11.6. The van der Waals surface area contributed by atoms with E-state index < -0.39 is 17.2 Å². The Morgan fingerprint density at radius 3 is 2.73 bits per heavy atom. The number of aliphatic carboxylic acids is 1. The average molecular weight is 251 g/mol. The van der Waals surface area contributed by atoms with Crippen LogP contribution in [0.2, 0.25) is 5.02 Å². The molecule has 0 bridgehead atoms. The van der Waals surface area contributed by atoms with Crippen LogP contribution in [-0.2, 0) is 4.79 Å². The van der Waals surface area contributed by atoms with E-state index in [0.29, 0.717) is 0 Å². The summed E-state index contributed by atoms with van der Waals surface area (Å²) in [7, 11) is 0. The highest BCUT2D eigenvalue weighted by Crippen LogP contribution is 2.33. The van der Waals surface area contributed by atoms with Crippen molar-refractivity contribution in [3.63, 3.8) is 0 Å². The van der Waals surface area contributed by atoms with Gasteiger partial charge in [0.05, 0.1) is 5.38 Å². The van der Waals surface area contributed by atoms with Crippen LogP contribution in [0, 0.1) is 5.82 Å². The van der Waals surface area contributed by atoms with Gasteiger partial charge in [0.1, 0.15) is 5.82 Å². The largest absolute Gasteiger partial charge is 0.481 e. The van der Waals surface area contributed by atoms with Gasteiger partial charge in [-0.15, -0.1) is 11.6 Å². The highest BCUT2D eigenvalue weighted by molar-refractivity contribution is 6.32. The number of carboxylic acids is 1. The van der Waals surface area contributed by atoms with Crippen LogP contribution >= 0.6 is 23.2 Å². The molecule has 2 nitrogen and oxygen atoms in total. The van der Waals surface area contributed by atoms with Crippen molar-refractivity contribution in [1.29, 1.82) is 0 Å². The third kappa shape index (κ3) is 3.36. The van der Waals surface area contributed by atoms with Gasteiger partial charge in [-0.1, -0.05) is 17.7 Å². The Labute approximate surface area is 96.6 Å². The summed E-state index contributed by atoms with van der Waals surface area (Å²) in [6.07, 6.45) is 0.0381. The lowest BCUT2D eigenvalue weighted by Gasteiger charge is -2.11. The fraction of sp³-hybridized carbons (Fsp3) is 0.300. The zero-order valence-electron chi connectivity index (χ0n) is 7.71. The molecule has 82 valence electrons. The lowest BCUT2D eigenvalue weighted by atomic mass is 10.1. The minimum atomic E-state index is -0.965. The highest BCUT2D eigenvalue weighted by atomic mass is 35.5. The number of carbonyl (C=O) groups is 1. The number of benzene rings is 1. The first kappa shape index (κ1) is 12.3. The van der Waals surface area contributed by atoms with Crippen LogP contribution in [0.25, 0.3) is 0 Å². The molecule has 0 saturated carbocycles. The molecular weight excluding hydrogens is 242 g/mol. The molecule has 0 aliphatic rings. The van der Waals surface area contributed by atoms with Gasteiger partial charge >= 0.3 is 5.97 Å². The molecule has 0 heterocycles. The molecule has 0 aliphatic heterocycles. The Bertz CT molecular complexity index is 348. The van der Waals surface area contributed by atoms with Crippen molar-refractivity contribution >= 4 is 29.2 Å². The smallest absolute Gasteiger partial charge is 0.303 e. The minimum Gasteiger partial charge on any atom is -0.481 e. The second-order valence-electron chi connectivity index (χ2n) is 3.04. The van der Waals surface area contributed by atoms with Crippen molar-refractivity contribution < 1.29 is 14.3 Å². The maximum Gasteiger partial charge on any atom is 0.303 e. The zero-order valence-corrected chi connectivity index (χ0v) is 9.22. The molecular formula is C10H9Cl2FO2. The van der Waals surface area contributed by atoms with Crippen molar-refractivity contribution in [1.82, 2.24) is 0 Å². The predicted octanol–water partition coefficient (Wildman–Crippen LogP) is 3.62. The molecule has 1 aromatic carbocycles. The van der Waals surface area contributed by atoms with E-state index in [1.54, 1.807) is 0 Å². The molecule has 0 spiro atoms. The summed E-state index contributed by atoms with van der Waals surface area (Å²) in [6, 6.07) is 4.25. The third-order valence-electron chi connectivity index (χ3n) is 1.92. The molecule has 0 saturated heterocycles. The van der Waals surface area contributed by atoms with E-state index in [9.17, 15) is 9.18 Å². The first-order valence-electron chi connectivity index (χ1n) is 4.32. The van der Waals surface area contributed by atoms with Gasteiger partial charge in [0.15, 0.2) is 0 Å². The Morgan fingerprint density at radius 1 is 1.53 bits per heavy atom. The molecule has 0 aromatic heterocycles. The summed E-state index contributed by atoms with van der Waals surface area (Å²) < 4.78 is 13.3.